The van der Waals surface area contributed by atoms with Gasteiger partial charge in [-0.05, 0) is 18.9 Å². The normalized spacial score (nSPS) is 19.1. The molecule has 2 aromatic heterocycles. The number of rotatable bonds is 1. The van der Waals surface area contributed by atoms with Crippen LogP contribution in [-0.2, 0) is 6.42 Å². The molecule has 1 aliphatic carbocycles. The third-order valence-electron chi connectivity index (χ3n) is 2.80. The van der Waals surface area contributed by atoms with Crippen molar-refractivity contribution < 1.29 is 4.79 Å². The Morgan fingerprint density at radius 1 is 1.35 bits per heavy atom. The minimum atomic E-state index is -0.0932. The molecule has 0 saturated heterocycles. The maximum Gasteiger partial charge on any atom is 0.250 e. The number of hydrogen-bond donors (Lipinski definition) is 0. The van der Waals surface area contributed by atoms with Gasteiger partial charge in [-0.2, -0.15) is 5.10 Å². The fraction of sp³-hybridized carbons (Fsp3) is 0.273. The number of hydrogen-bond acceptors (Lipinski definition) is 4. The standard InChI is InChI=1S/C11H9BrN4O/c12-8-2-3-9-7(10(8)17)6-15-16(9)11-13-4-1-5-14-11/h1,4-6,8H,2-3H2. The van der Waals surface area contributed by atoms with Crippen molar-refractivity contribution in [3.05, 3.63) is 35.9 Å². The molecule has 0 N–H and O–H groups in total. The molecule has 0 bridgehead atoms. The van der Waals surface area contributed by atoms with Gasteiger partial charge in [0.05, 0.1) is 22.3 Å². The number of halogens is 1. The molecule has 17 heavy (non-hydrogen) atoms. The van der Waals surface area contributed by atoms with Crippen LogP contribution in [0.25, 0.3) is 5.95 Å². The average molecular weight is 293 g/mol. The first-order valence-corrected chi connectivity index (χ1v) is 6.21. The number of ketones is 1. The molecule has 1 aliphatic rings. The molecule has 6 heteroatoms. The van der Waals surface area contributed by atoms with E-state index in [1.54, 1.807) is 29.3 Å². The molecule has 0 radical (unpaired) electrons. The highest BCUT2D eigenvalue weighted by Crippen LogP contribution is 2.26. The van der Waals surface area contributed by atoms with E-state index < -0.39 is 0 Å². The number of fused-ring (bicyclic) bond motifs is 1. The first-order valence-electron chi connectivity index (χ1n) is 5.30. The monoisotopic (exact) mass is 292 g/mol. The van der Waals surface area contributed by atoms with Gasteiger partial charge in [-0.3, -0.25) is 4.79 Å². The van der Waals surface area contributed by atoms with Gasteiger partial charge >= 0.3 is 0 Å². The summed E-state index contributed by atoms with van der Waals surface area (Å²) in [6.45, 7) is 0. The summed E-state index contributed by atoms with van der Waals surface area (Å²) >= 11 is 3.37. The zero-order chi connectivity index (χ0) is 11.8. The highest BCUT2D eigenvalue weighted by molar-refractivity contribution is 9.10. The van der Waals surface area contributed by atoms with E-state index in [0.717, 1.165) is 18.5 Å². The van der Waals surface area contributed by atoms with E-state index in [0.29, 0.717) is 11.5 Å². The van der Waals surface area contributed by atoms with Crippen molar-refractivity contribution in [3.8, 4) is 5.95 Å². The quantitative estimate of drug-likeness (QED) is 0.749. The second-order valence-electron chi connectivity index (χ2n) is 3.84. The average Bonchev–Trinajstić information content (AvgIpc) is 2.79. The summed E-state index contributed by atoms with van der Waals surface area (Å²) in [5, 5.41) is 4.20. The summed E-state index contributed by atoms with van der Waals surface area (Å²) < 4.78 is 1.64. The smallest absolute Gasteiger partial charge is 0.250 e. The molecule has 0 spiro atoms. The van der Waals surface area contributed by atoms with Gasteiger partial charge in [0, 0.05) is 12.4 Å². The first kappa shape index (κ1) is 10.6. The van der Waals surface area contributed by atoms with E-state index in [1.165, 1.54) is 0 Å². The van der Waals surface area contributed by atoms with Crippen LogP contribution in [0.15, 0.2) is 24.7 Å². The van der Waals surface area contributed by atoms with E-state index in [4.69, 9.17) is 0 Å². The van der Waals surface area contributed by atoms with E-state index in [2.05, 4.69) is 31.0 Å². The van der Waals surface area contributed by atoms with Crippen molar-refractivity contribution in [1.82, 2.24) is 19.7 Å². The lowest BCUT2D eigenvalue weighted by molar-refractivity contribution is 0.0981. The minimum absolute atomic E-state index is 0.0911. The summed E-state index contributed by atoms with van der Waals surface area (Å²) in [6, 6.07) is 1.75. The van der Waals surface area contributed by atoms with Crippen LogP contribution in [0.1, 0.15) is 22.5 Å². The molecule has 2 aromatic rings. The molecule has 86 valence electrons. The molecule has 0 fully saturated rings. The Labute approximate surface area is 106 Å². The fourth-order valence-electron chi connectivity index (χ4n) is 1.96. The van der Waals surface area contributed by atoms with Crippen LogP contribution in [0.3, 0.4) is 0 Å². The molecule has 3 rings (SSSR count). The fourth-order valence-corrected chi connectivity index (χ4v) is 2.43. The van der Waals surface area contributed by atoms with Crippen molar-refractivity contribution in [3.63, 3.8) is 0 Å². The van der Waals surface area contributed by atoms with Gasteiger partial charge in [0.25, 0.3) is 5.95 Å². The Balaban J connectivity index is 2.11. The van der Waals surface area contributed by atoms with Gasteiger partial charge in [0.1, 0.15) is 0 Å². The van der Waals surface area contributed by atoms with Crippen LogP contribution in [0.5, 0.6) is 0 Å². The summed E-state index contributed by atoms with van der Waals surface area (Å²) in [6.07, 6.45) is 6.50. The van der Waals surface area contributed by atoms with Gasteiger partial charge in [-0.25, -0.2) is 14.6 Å². The van der Waals surface area contributed by atoms with Gasteiger partial charge in [0.2, 0.25) is 0 Å². The number of aromatic nitrogens is 4. The zero-order valence-electron chi connectivity index (χ0n) is 8.88. The Hall–Kier alpha value is -1.56. The predicted molar refractivity (Wildman–Crippen MR) is 64.5 cm³/mol. The summed E-state index contributed by atoms with van der Waals surface area (Å²) in [5.41, 5.74) is 1.57. The van der Waals surface area contributed by atoms with E-state index in [1.807, 2.05) is 0 Å². The van der Waals surface area contributed by atoms with Crippen molar-refractivity contribution in [1.29, 1.82) is 0 Å². The topological polar surface area (TPSA) is 60.7 Å². The zero-order valence-corrected chi connectivity index (χ0v) is 10.5. The second kappa shape index (κ2) is 4.03. The molecule has 1 atom stereocenters. The molecule has 1 unspecified atom stereocenters. The lowest BCUT2D eigenvalue weighted by Gasteiger charge is -2.16. The minimum Gasteiger partial charge on any atom is -0.293 e. The highest BCUT2D eigenvalue weighted by Gasteiger charge is 2.29. The van der Waals surface area contributed by atoms with Crippen molar-refractivity contribution in [2.24, 2.45) is 0 Å². The lowest BCUT2D eigenvalue weighted by Crippen LogP contribution is -2.23. The molecule has 0 aliphatic heterocycles. The lowest BCUT2D eigenvalue weighted by atomic mass is 9.97. The summed E-state index contributed by atoms with van der Waals surface area (Å²) in [5.74, 6) is 0.600. The SMILES string of the molecule is O=C1c2cnn(-c3ncccn3)c2CCC1Br. The third kappa shape index (κ3) is 1.68. The Morgan fingerprint density at radius 3 is 2.88 bits per heavy atom. The molecular formula is C11H9BrN4O. The van der Waals surface area contributed by atoms with E-state index >= 15 is 0 Å². The van der Waals surface area contributed by atoms with Crippen LogP contribution in [0.4, 0.5) is 0 Å². The van der Waals surface area contributed by atoms with Crippen LogP contribution >= 0.6 is 15.9 Å². The summed E-state index contributed by atoms with van der Waals surface area (Å²) in [7, 11) is 0. The Bertz CT molecular complexity index is 566. The third-order valence-corrected chi connectivity index (χ3v) is 3.67. The second-order valence-corrected chi connectivity index (χ2v) is 4.94. The van der Waals surface area contributed by atoms with Crippen molar-refractivity contribution in [2.45, 2.75) is 17.7 Å². The van der Waals surface area contributed by atoms with Crippen molar-refractivity contribution in [2.75, 3.05) is 0 Å². The molecular weight excluding hydrogens is 284 g/mol. The van der Waals surface area contributed by atoms with Gasteiger partial charge < -0.3 is 0 Å². The molecule has 5 nitrogen and oxygen atoms in total. The Morgan fingerprint density at radius 2 is 2.12 bits per heavy atom. The van der Waals surface area contributed by atoms with Gasteiger partial charge in [-0.1, -0.05) is 15.9 Å². The number of carbonyl (C=O) groups is 1. The number of Topliss-reactive ketones (excluding diaryl/α,β-unsaturated/α-hetero) is 1. The van der Waals surface area contributed by atoms with Crippen LogP contribution < -0.4 is 0 Å². The summed E-state index contributed by atoms with van der Waals surface area (Å²) in [4.78, 5) is 20.1. The highest BCUT2D eigenvalue weighted by atomic mass is 79.9. The van der Waals surface area contributed by atoms with Gasteiger partial charge in [-0.15, -0.1) is 0 Å². The maximum absolute atomic E-state index is 11.9. The molecule has 0 aromatic carbocycles. The number of nitrogens with zero attached hydrogens (tertiary/aromatic N) is 4. The van der Waals surface area contributed by atoms with Crippen LogP contribution in [0, 0.1) is 0 Å². The van der Waals surface area contributed by atoms with E-state index in [9.17, 15) is 4.79 Å². The van der Waals surface area contributed by atoms with E-state index in [-0.39, 0.29) is 10.6 Å². The van der Waals surface area contributed by atoms with Crippen LogP contribution in [0.2, 0.25) is 0 Å². The Kier molecular flexibility index (Phi) is 2.51. The first-order chi connectivity index (χ1) is 8.27. The van der Waals surface area contributed by atoms with Crippen LogP contribution in [-0.4, -0.2) is 30.4 Å². The molecule has 0 amide bonds. The number of alkyl halides is 1. The maximum atomic E-state index is 11.9. The number of carbonyl (C=O) groups excluding carboxylic acids is 1. The van der Waals surface area contributed by atoms with Crippen molar-refractivity contribution >= 4 is 21.7 Å². The largest absolute Gasteiger partial charge is 0.293 e. The predicted octanol–water partition coefficient (Wildman–Crippen LogP) is 1.55. The van der Waals surface area contributed by atoms with Gasteiger partial charge in [0.15, 0.2) is 5.78 Å². The molecule has 0 saturated carbocycles. The molecule has 2 heterocycles.